The minimum atomic E-state index is 0.649. The quantitative estimate of drug-likeness (QED) is 0.480. The molecule has 0 amide bonds. The van der Waals surface area contributed by atoms with Gasteiger partial charge in [-0.3, -0.25) is 0 Å². The summed E-state index contributed by atoms with van der Waals surface area (Å²) in [5.74, 6) is 5.09. The number of halogens is 1. The molecule has 0 aliphatic rings. The molecule has 80 valence electrons. The number of hydrogen-bond acceptors (Lipinski definition) is 2. The molecular formula is C13H11ClN2. The van der Waals surface area contributed by atoms with E-state index in [0.29, 0.717) is 5.02 Å². The summed E-state index contributed by atoms with van der Waals surface area (Å²) in [5.41, 5.74) is 3.05. The van der Waals surface area contributed by atoms with Crippen LogP contribution in [0, 0.1) is 0 Å². The van der Waals surface area contributed by atoms with Crippen molar-refractivity contribution in [1.29, 1.82) is 0 Å². The predicted molar refractivity (Wildman–Crippen MR) is 68.7 cm³/mol. The number of nitrogens with zero attached hydrogens (tertiary/aromatic N) is 1. The van der Waals surface area contributed by atoms with E-state index in [9.17, 15) is 0 Å². The van der Waals surface area contributed by atoms with Crippen molar-refractivity contribution in [2.24, 2.45) is 10.9 Å². The van der Waals surface area contributed by atoms with E-state index in [4.69, 9.17) is 17.4 Å². The minimum absolute atomic E-state index is 0.649. The summed E-state index contributed by atoms with van der Waals surface area (Å²) in [6.07, 6.45) is 1.54. The Morgan fingerprint density at radius 1 is 1.00 bits per heavy atom. The number of hydrazone groups is 1. The van der Waals surface area contributed by atoms with Crippen LogP contribution in [0.15, 0.2) is 53.6 Å². The average Bonchev–Trinajstić information content (AvgIpc) is 2.33. The van der Waals surface area contributed by atoms with Gasteiger partial charge >= 0.3 is 0 Å². The summed E-state index contributed by atoms with van der Waals surface area (Å²) in [6.45, 7) is 0. The molecule has 0 bridgehead atoms. The molecule has 16 heavy (non-hydrogen) atoms. The van der Waals surface area contributed by atoms with Gasteiger partial charge in [-0.15, -0.1) is 0 Å². The summed E-state index contributed by atoms with van der Waals surface area (Å²) in [4.78, 5) is 0. The Labute approximate surface area is 99.4 Å². The van der Waals surface area contributed by atoms with Gasteiger partial charge in [0.15, 0.2) is 0 Å². The van der Waals surface area contributed by atoms with Gasteiger partial charge in [0.25, 0.3) is 0 Å². The lowest BCUT2D eigenvalue weighted by Crippen LogP contribution is -1.88. The van der Waals surface area contributed by atoms with Gasteiger partial charge in [0.05, 0.1) is 11.2 Å². The van der Waals surface area contributed by atoms with Gasteiger partial charge in [0, 0.05) is 5.56 Å². The van der Waals surface area contributed by atoms with E-state index in [1.54, 1.807) is 0 Å². The fourth-order valence-electron chi connectivity index (χ4n) is 1.52. The first kappa shape index (κ1) is 10.7. The van der Waals surface area contributed by atoms with Gasteiger partial charge in [-0.25, -0.2) is 0 Å². The summed E-state index contributed by atoms with van der Waals surface area (Å²) < 4.78 is 0. The first-order chi connectivity index (χ1) is 7.81. The van der Waals surface area contributed by atoms with Crippen LogP contribution in [0.25, 0.3) is 11.1 Å². The monoisotopic (exact) mass is 230 g/mol. The van der Waals surface area contributed by atoms with E-state index >= 15 is 0 Å². The van der Waals surface area contributed by atoms with Crippen molar-refractivity contribution < 1.29 is 0 Å². The lowest BCUT2D eigenvalue weighted by molar-refractivity contribution is 1.26. The molecular weight excluding hydrogens is 220 g/mol. The second-order valence-electron chi connectivity index (χ2n) is 3.38. The molecule has 3 heteroatoms. The third kappa shape index (κ3) is 2.23. The lowest BCUT2D eigenvalue weighted by Gasteiger charge is -2.03. The highest BCUT2D eigenvalue weighted by molar-refractivity contribution is 6.33. The van der Waals surface area contributed by atoms with Gasteiger partial charge in [0.2, 0.25) is 0 Å². The van der Waals surface area contributed by atoms with Gasteiger partial charge in [-0.1, -0.05) is 54.1 Å². The van der Waals surface area contributed by atoms with Gasteiger partial charge in [-0.2, -0.15) is 5.10 Å². The third-order valence-electron chi connectivity index (χ3n) is 2.32. The van der Waals surface area contributed by atoms with Crippen LogP contribution in [0.1, 0.15) is 5.56 Å². The maximum Gasteiger partial charge on any atom is 0.0553 e. The van der Waals surface area contributed by atoms with E-state index in [2.05, 4.69) is 5.10 Å². The molecule has 0 saturated carbocycles. The summed E-state index contributed by atoms with van der Waals surface area (Å²) in [5, 5.41) is 4.11. The highest BCUT2D eigenvalue weighted by atomic mass is 35.5. The van der Waals surface area contributed by atoms with E-state index < -0.39 is 0 Å². The normalized spacial score (nSPS) is 10.8. The Kier molecular flexibility index (Phi) is 3.22. The zero-order valence-corrected chi connectivity index (χ0v) is 9.35. The molecule has 0 spiro atoms. The lowest BCUT2D eigenvalue weighted by atomic mass is 10.0. The zero-order valence-electron chi connectivity index (χ0n) is 8.60. The van der Waals surface area contributed by atoms with Crippen molar-refractivity contribution in [2.45, 2.75) is 0 Å². The standard InChI is InChI=1S/C13H11ClN2/c14-13-8-11(6-7-12(13)9-16-15)10-4-2-1-3-5-10/h1-9H,15H2. The van der Waals surface area contributed by atoms with E-state index in [0.717, 1.165) is 16.7 Å². The molecule has 2 nitrogen and oxygen atoms in total. The molecule has 0 radical (unpaired) electrons. The van der Waals surface area contributed by atoms with Crippen molar-refractivity contribution in [3.63, 3.8) is 0 Å². The molecule has 0 aliphatic carbocycles. The molecule has 0 heterocycles. The van der Waals surface area contributed by atoms with Crippen molar-refractivity contribution in [2.75, 3.05) is 0 Å². The van der Waals surface area contributed by atoms with Crippen LogP contribution in [0.3, 0.4) is 0 Å². The fourth-order valence-corrected chi connectivity index (χ4v) is 1.75. The van der Waals surface area contributed by atoms with Crippen molar-refractivity contribution in [3.05, 3.63) is 59.1 Å². The summed E-state index contributed by atoms with van der Waals surface area (Å²) in [6, 6.07) is 15.9. The largest absolute Gasteiger partial charge is 0.323 e. The van der Waals surface area contributed by atoms with Gasteiger partial charge in [-0.05, 0) is 17.2 Å². The van der Waals surface area contributed by atoms with E-state index in [-0.39, 0.29) is 0 Å². The Balaban J connectivity index is 2.42. The van der Waals surface area contributed by atoms with Crippen molar-refractivity contribution in [3.8, 4) is 11.1 Å². The van der Waals surface area contributed by atoms with Crippen LogP contribution in [0.2, 0.25) is 5.02 Å². The highest BCUT2D eigenvalue weighted by Gasteiger charge is 2.01. The molecule has 2 aromatic carbocycles. The van der Waals surface area contributed by atoms with Crippen LogP contribution >= 0.6 is 11.6 Å². The Hall–Kier alpha value is -1.80. The van der Waals surface area contributed by atoms with Crippen LogP contribution < -0.4 is 5.84 Å². The Morgan fingerprint density at radius 2 is 1.75 bits per heavy atom. The minimum Gasteiger partial charge on any atom is -0.323 e. The zero-order chi connectivity index (χ0) is 11.4. The van der Waals surface area contributed by atoms with Crippen LogP contribution in [0.5, 0.6) is 0 Å². The molecule has 2 N–H and O–H groups in total. The third-order valence-corrected chi connectivity index (χ3v) is 2.65. The molecule has 0 aromatic heterocycles. The second kappa shape index (κ2) is 4.81. The van der Waals surface area contributed by atoms with E-state index in [1.807, 2.05) is 48.5 Å². The maximum absolute atomic E-state index is 6.11. The molecule has 2 rings (SSSR count). The number of hydrogen-bond donors (Lipinski definition) is 1. The number of rotatable bonds is 2. The Bertz CT molecular complexity index is 507. The van der Waals surface area contributed by atoms with Crippen LogP contribution in [0.4, 0.5) is 0 Å². The molecule has 0 aliphatic heterocycles. The number of nitrogens with two attached hydrogens (primary N) is 1. The summed E-state index contributed by atoms with van der Waals surface area (Å²) >= 11 is 6.11. The highest BCUT2D eigenvalue weighted by Crippen LogP contribution is 2.24. The first-order valence-corrected chi connectivity index (χ1v) is 5.27. The van der Waals surface area contributed by atoms with Gasteiger partial charge < -0.3 is 5.84 Å². The van der Waals surface area contributed by atoms with Gasteiger partial charge in [0.1, 0.15) is 0 Å². The molecule has 0 saturated heterocycles. The topological polar surface area (TPSA) is 38.4 Å². The average molecular weight is 231 g/mol. The summed E-state index contributed by atoms with van der Waals surface area (Å²) in [7, 11) is 0. The maximum atomic E-state index is 6.11. The van der Waals surface area contributed by atoms with Crippen LogP contribution in [-0.4, -0.2) is 6.21 Å². The molecule has 0 unspecified atom stereocenters. The fraction of sp³-hybridized carbons (Fsp3) is 0. The smallest absolute Gasteiger partial charge is 0.0553 e. The van der Waals surface area contributed by atoms with Crippen molar-refractivity contribution >= 4 is 17.8 Å². The first-order valence-electron chi connectivity index (χ1n) is 4.89. The molecule has 2 aromatic rings. The second-order valence-corrected chi connectivity index (χ2v) is 3.79. The number of benzene rings is 2. The Morgan fingerprint density at radius 3 is 2.38 bits per heavy atom. The van der Waals surface area contributed by atoms with Crippen molar-refractivity contribution in [1.82, 2.24) is 0 Å². The SMILES string of the molecule is NN=Cc1ccc(-c2ccccc2)cc1Cl. The predicted octanol–water partition coefficient (Wildman–Crippen LogP) is 3.30. The van der Waals surface area contributed by atoms with Crippen LogP contribution in [-0.2, 0) is 0 Å². The molecule has 0 atom stereocenters. The molecule has 0 fully saturated rings. The van der Waals surface area contributed by atoms with E-state index in [1.165, 1.54) is 6.21 Å².